The molecule has 0 aliphatic carbocycles. The Balaban J connectivity index is 1.71. The number of nitrogens with zero attached hydrogens (tertiary/aromatic N) is 2. The lowest BCUT2D eigenvalue weighted by atomic mass is 10.1. The first-order chi connectivity index (χ1) is 12.0. The molecule has 0 unspecified atom stereocenters. The number of para-hydroxylation sites is 1. The van der Waals surface area contributed by atoms with E-state index in [-0.39, 0.29) is 18.0 Å². The summed E-state index contributed by atoms with van der Waals surface area (Å²) in [5, 5.41) is 13.7. The van der Waals surface area contributed by atoms with Crippen LogP contribution in [0.3, 0.4) is 0 Å². The monoisotopic (exact) mass is 341 g/mol. The fourth-order valence-corrected chi connectivity index (χ4v) is 2.60. The molecule has 1 N–H and O–H groups in total. The average Bonchev–Trinajstić information content (AvgIpc) is 3.01. The quantitative estimate of drug-likeness (QED) is 0.665. The van der Waals surface area contributed by atoms with Gasteiger partial charge >= 0.3 is 6.09 Å². The van der Waals surface area contributed by atoms with Gasteiger partial charge in [0.05, 0.1) is 17.9 Å². The van der Waals surface area contributed by atoms with Gasteiger partial charge in [0.2, 0.25) is 5.91 Å². The maximum absolute atomic E-state index is 12.2. The number of hydrogen-bond acceptors (Lipinski definition) is 5. The lowest BCUT2D eigenvalue weighted by Gasteiger charge is -2.14. The molecular weight excluding hydrogens is 326 g/mol. The molecule has 0 spiro atoms. The molecule has 0 atom stereocenters. The van der Waals surface area contributed by atoms with Crippen LogP contribution < -0.4 is 10.2 Å². The summed E-state index contributed by atoms with van der Waals surface area (Å²) in [7, 11) is 0. The van der Waals surface area contributed by atoms with Gasteiger partial charge in [0, 0.05) is 23.0 Å². The van der Waals surface area contributed by atoms with Crippen molar-refractivity contribution in [2.45, 2.75) is 6.42 Å². The SMILES string of the molecule is O=C(Cc1ccccc1[N+](=O)[O-])Nc1cccc(N2CCOC2=O)c1. The smallest absolute Gasteiger partial charge is 0.414 e. The van der Waals surface area contributed by atoms with Gasteiger partial charge in [-0.25, -0.2) is 4.79 Å². The molecule has 0 saturated carbocycles. The summed E-state index contributed by atoms with van der Waals surface area (Å²) in [5.41, 5.74) is 1.36. The molecule has 0 aromatic heterocycles. The zero-order valence-corrected chi connectivity index (χ0v) is 13.2. The van der Waals surface area contributed by atoms with Crippen LogP contribution in [0.2, 0.25) is 0 Å². The molecule has 3 rings (SSSR count). The Labute approximate surface area is 143 Å². The molecular formula is C17H15N3O5. The number of carbonyl (C=O) groups excluding carboxylic acids is 2. The van der Waals surface area contributed by atoms with E-state index >= 15 is 0 Å². The Morgan fingerprint density at radius 2 is 2.04 bits per heavy atom. The molecule has 1 heterocycles. The van der Waals surface area contributed by atoms with Crippen LogP contribution in [-0.4, -0.2) is 30.1 Å². The Bertz CT molecular complexity index is 837. The third kappa shape index (κ3) is 3.74. The van der Waals surface area contributed by atoms with Crippen molar-refractivity contribution in [1.29, 1.82) is 0 Å². The molecule has 25 heavy (non-hydrogen) atoms. The third-order valence-corrected chi connectivity index (χ3v) is 3.74. The van der Waals surface area contributed by atoms with Crippen molar-refractivity contribution < 1.29 is 19.2 Å². The first-order valence-electron chi connectivity index (χ1n) is 7.61. The summed E-state index contributed by atoms with van der Waals surface area (Å²) < 4.78 is 4.89. The van der Waals surface area contributed by atoms with E-state index in [0.29, 0.717) is 30.1 Å². The molecule has 1 saturated heterocycles. The van der Waals surface area contributed by atoms with Crippen LogP contribution in [0.15, 0.2) is 48.5 Å². The van der Waals surface area contributed by atoms with Crippen molar-refractivity contribution in [1.82, 2.24) is 0 Å². The van der Waals surface area contributed by atoms with Crippen LogP contribution >= 0.6 is 0 Å². The number of benzene rings is 2. The number of anilines is 2. The molecule has 1 fully saturated rings. The molecule has 1 aliphatic heterocycles. The highest BCUT2D eigenvalue weighted by Crippen LogP contribution is 2.23. The predicted octanol–water partition coefficient (Wildman–Crippen LogP) is 2.73. The highest BCUT2D eigenvalue weighted by Gasteiger charge is 2.23. The predicted molar refractivity (Wildman–Crippen MR) is 90.6 cm³/mol. The molecule has 0 radical (unpaired) electrons. The minimum Gasteiger partial charge on any atom is -0.447 e. The maximum atomic E-state index is 12.2. The van der Waals surface area contributed by atoms with Gasteiger partial charge in [0.25, 0.3) is 5.69 Å². The van der Waals surface area contributed by atoms with Crippen LogP contribution in [0.25, 0.3) is 0 Å². The van der Waals surface area contributed by atoms with Crippen molar-refractivity contribution in [2.75, 3.05) is 23.4 Å². The number of nitrogens with one attached hydrogen (secondary N) is 1. The summed E-state index contributed by atoms with van der Waals surface area (Å²) in [4.78, 5) is 35.8. The largest absolute Gasteiger partial charge is 0.447 e. The van der Waals surface area contributed by atoms with E-state index in [1.165, 1.54) is 11.0 Å². The number of carbonyl (C=O) groups is 2. The number of cyclic esters (lactones) is 1. The minimum atomic E-state index is -0.512. The van der Waals surface area contributed by atoms with E-state index in [1.54, 1.807) is 42.5 Å². The minimum absolute atomic E-state index is 0.0915. The Kier molecular flexibility index (Phi) is 4.60. The molecule has 1 aliphatic rings. The van der Waals surface area contributed by atoms with E-state index < -0.39 is 11.0 Å². The standard InChI is InChI=1S/C17H15N3O5/c21-16(10-12-4-1-2-7-15(12)20(23)24)18-13-5-3-6-14(11-13)19-8-9-25-17(19)22/h1-7,11H,8-10H2,(H,18,21). The fourth-order valence-electron chi connectivity index (χ4n) is 2.60. The summed E-state index contributed by atoms with van der Waals surface area (Å²) in [6.07, 6.45) is -0.545. The van der Waals surface area contributed by atoms with Crippen molar-refractivity contribution in [3.8, 4) is 0 Å². The summed E-state index contributed by atoms with van der Waals surface area (Å²) >= 11 is 0. The van der Waals surface area contributed by atoms with Crippen molar-refractivity contribution in [3.63, 3.8) is 0 Å². The highest BCUT2D eigenvalue weighted by molar-refractivity contribution is 5.95. The molecule has 2 amide bonds. The van der Waals surface area contributed by atoms with E-state index in [1.807, 2.05) is 0 Å². The van der Waals surface area contributed by atoms with Gasteiger partial charge in [-0.1, -0.05) is 24.3 Å². The Hall–Kier alpha value is -3.42. The third-order valence-electron chi connectivity index (χ3n) is 3.74. The second-order valence-electron chi connectivity index (χ2n) is 5.43. The van der Waals surface area contributed by atoms with Crippen molar-refractivity contribution in [2.24, 2.45) is 0 Å². The molecule has 8 nitrogen and oxygen atoms in total. The van der Waals surface area contributed by atoms with Gasteiger partial charge in [-0.05, 0) is 18.2 Å². The topological polar surface area (TPSA) is 102 Å². The van der Waals surface area contributed by atoms with Gasteiger partial charge in [0.15, 0.2) is 0 Å². The molecule has 0 bridgehead atoms. The van der Waals surface area contributed by atoms with Crippen molar-refractivity contribution >= 4 is 29.1 Å². The van der Waals surface area contributed by atoms with E-state index in [9.17, 15) is 19.7 Å². The van der Waals surface area contributed by atoms with Gasteiger partial charge in [0.1, 0.15) is 6.61 Å². The first kappa shape index (κ1) is 16.4. The van der Waals surface area contributed by atoms with E-state index in [4.69, 9.17) is 4.74 Å². The first-order valence-corrected chi connectivity index (χ1v) is 7.61. The number of amides is 2. The number of ether oxygens (including phenoxy) is 1. The van der Waals surface area contributed by atoms with Gasteiger partial charge in [-0.15, -0.1) is 0 Å². The van der Waals surface area contributed by atoms with Crippen molar-refractivity contribution in [3.05, 3.63) is 64.2 Å². The number of rotatable bonds is 5. The summed E-state index contributed by atoms with van der Waals surface area (Å²) in [6, 6.07) is 12.9. The molecule has 2 aromatic carbocycles. The van der Waals surface area contributed by atoms with Crippen LogP contribution in [0, 0.1) is 10.1 Å². The highest BCUT2D eigenvalue weighted by atomic mass is 16.6. The number of nitro groups is 1. The molecule has 8 heteroatoms. The summed E-state index contributed by atoms with van der Waals surface area (Å²) in [5.74, 6) is -0.379. The Morgan fingerprint density at radius 1 is 1.24 bits per heavy atom. The second-order valence-corrected chi connectivity index (χ2v) is 5.43. The maximum Gasteiger partial charge on any atom is 0.414 e. The second kappa shape index (κ2) is 7.00. The number of nitro benzene ring substituents is 1. The Morgan fingerprint density at radius 3 is 2.76 bits per heavy atom. The zero-order valence-electron chi connectivity index (χ0n) is 13.2. The normalized spacial score (nSPS) is 13.4. The zero-order chi connectivity index (χ0) is 17.8. The molecule has 128 valence electrons. The average molecular weight is 341 g/mol. The lowest BCUT2D eigenvalue weighted by Crippen LogP contribution is -2.23. The van der Waals surface area contributed by atoms with Crippen LogP contribution in [0.5, 0.6) is 0 Å². The fraction of sp³-hybridized carbons (Fsp3) is 0.176. The van der Waals surface area contributed by atoms with Gasteiger partial charge in [-0.2, -0.15) is 0 Å². The van der Waals surface area contributed by atoms with Crippen LogP contribution in [0.1, 0.15) is 5.56 Å². The van der Waals surface area contributed by atoms with Gasteiger partial charge in [-0.3, -0.25) is 19.8 Å². The number of hydrogen-bond donors (Lipinski definition) is 1. The van der Waals surface area contributed by atoms with Gasteiger partial charge < -0.3 is 10.1 Å². The van der Waals surface area contributed by atoms with E-state index in [2.05, 4.69) is 5.32 Å². The lowest BCUT2D eigenvalue weighted by molar-refractivity contribution is -0.385. The van der Waals surface area contributed by atoms with E-state index in [0.717, 1.165) is 0 Å². The molecule has 2 aromatic rings. The van der Waals surface area contributed by atoms with Crippen LogP contribution in [-0.2, 0) is 16.0 Å². The summed E-state index contributed by atoms with van der Waals surface area (Å²) in [6.45, 7) is 0.777. The van der Waals surface area contributed by atoms with Crippen LogP contribution in [0.4, 0.5) is 21.9 Å².